The molecule has 0 aliphatic heterocycles. The number of carbonyl (C=O) groups excluding carboxylic acids is 3. The zero-order valence-corrected chi connectivity index (χ0v) is 12.3. The molecule has 0 aromatic carbocycles. The summed E-state index contributed by atoms with van der Waals surface area (Å²) in [4.78, 5) is 34.7. The van der Waals surface area contributed by atoms with Crippen LogP contribution >= 0.6 is 11.3 Å². The number of unbranched alkanes of at least 4 members (excludes halogenated alkanes) is 1. The molecule has 2 N–H and O–H groups in total. The number of imide groups is 1. The number of hydrogen-bond acceptors (Lipinski definition) is 5. The second-order valence-electron chi connectivity index (χ2n) is 3.99. The van der Waals surface area contributed by atoms with Gasteiger partial charge in [0.15, 0.2) is 0 Å². The molecule has 7 heteroatoms. The van der Waals surface area contributed by atoms with E-state index in [2.05, 4.69) is 15.4 Å². The number of amides is 3. The van der Waals surface area contributed by atoms with Crippen LogP contribution in [-0.4, -0.2) is 24.5 Å². The number of ether oxygens (including phenoxy) is 1. The fourth-order valence-corrected chi connectivity index (χ4v) is 2.24. The van der Waals surface area contributed by atoms with Gasteiger partial charge in [-0.25, -0.2) is 4.79 Å². The summed E-state index contributed by atoms with van der Waals surface area (Å²) >= 11 is 1.24. The van der Waals surface area contributed by atoms with Crippen LogP contribution in [0.25, 0.3) is 0 Å². The Morgan fingerprint density at radius 3 is 2.70 bits per heavy atom. The average Bonchev–Trinajstić information content (AvgIpc) is 2.84. The lowest BCUT2D eigenvalue weighted by atomic mass is 10.2. The van der Waals surface area contributed by atoms with Crippen LogP contribution in [0, 0.1) is 0 Å². The monoisotopic (exact) mass is 298 g/mol. The van der Waals surface area contributed by atoms with Gasteiger partial charge in [0.25, 0.3) is 5.91 Å². The lowest BCUT2D eigenvalue weighted by molar-refractivity contribution is -0.116. The highest BCUT2D eigenvalue weighted by molar-refractivity contribution is 7.14. The first-order chi connectivity index (χ1) is 9.58. The molecule has 6 nitrogen and oxygen atoms in total. The van der Waals surface area contributed by atoms with E-state index in [1.807, 2.05) is 6.92 Å². The van der Waals surface area contributed by atoms with Gasteiger partial charge in [0.1, 0.15) is 5.00 Å². The predicted molar refractivity (Wildman–Crippen MR) is 77.0 cm³/mol. The lowest BCUT2D eigenvalue weighted by Crippen LogP contribution is -2.31. The minimum atomic E-state index is -0.799. The average molecular weight is 298 g/mol. The maximum atomic E-state index is 11.9. The molecule has 0 saturated heterocycles. The van der Waals surface area contributed by atoms with Gasteiger partial charge in [-0.1, -0.05) is 13.3 Å². The first-order valence-electron chi connectivity index (χ1n) is 6.43. The quantitative estimate of drug-likeness (QED) is 0.845. The Bertz CT molecular complexity index is 484. The summed E-state index contributed by atoms with van der Waals surface area (Å²) in [5, 5.41) is 6.89. The van der Waals surface area contributed by atoms with Crippen LogP contribution in [-0.2, 0) is 9.53 Å². The van der Waals surface area contributed by atoms with Gasteiger partial charge in [-0.2, -0.15) is 0 Å². The first-order valence-corrected chi connectivity index (χ1v) is 7.31. The number of alkyl carbamates (subject to hydrolysis) is 1. The van der Waals surface area contributed by atoms with Crippen molar-refractivity contribution in [3.05, 3.63) is 17.0 Å². The molecule has 20 heavy (non-hydrogen) atoms. The number of thiophene rings is 1. The van der Waals surface area contributed by atoms with Crippen LogP contribution in [0.4, 0.5) is 9.80 Å². The Labute approximate surface area is 121 Å². The fourth-order valence-electron chi connectivity index (χ4n) is 1.44. The molecular weight excluding hydrogens is 280 g/mol. The van der Waals surface area contributed by atoms with Crippen LogP contribution < -0.4 is 10.6 Å². The molecule has 1 aromatic heterocycles. The molecule has 0 atom stereocenters. The van der Waals surface area contributed by atoms with Crippen molar-refractivity contribution in [2.75, 3.05) is 11.9 Å². The summed E-state index contributed by atoms with van der Waals surface area (Å²) in [5.74, 6) is -0.727. The van der Waals surface area contributed by atoms with E-state index >= 15 is 0 Å². The molecule has 1 rings (SSSR count). The van der Waals surface area contributed by atoms with Crippen LogP contribution in [0.5, 0.6) is 0 Å². The highest BCUT2D eigenvalue weighted by Gasteiger charge is 2.17. The predicted octanol–water partition coefficient (Wildman–Crippen LogP) is 2.76. The van der Waals surface area contributed by atoms with Crippen molar-refractivity contribution in [3.8, 4) is 0 Å². The maximum Gasteiger partial charge on any atom is 0.414 e. The van der Waals surface area contributed by atoms with Gasteiger partial charge in [-0.05, 0) is 24.8 Å². The van der Waals surface area contributed by atoms with Gasteiger partial charge >= 0.3 is 6.09 Å². The Morgan fingerprint density at radius 2 is 2.05 bits per heavy atom. The largest absolute Gasteiger partial charge is 0.450 e. The third kappa shape index (κ3) is 5.00. The summed E-state index contributed by atoms with van der Waals surface area (Å²) in [6, 6.07) is 1.55. The molecule has 1 heterocycles. The van der Waals surface area contributed by atoms with Crippen molar-refractivity contribution >= 4 is 34.2 Å². The zero-order chi connectivity index (χ0) is 15.0. The Balaban J connectivity index is 2.63. The second kappa shape index (κ2) is 8.31. The number of carbonyl (C=O) groups is 3. The molecule has 110 valence electrons. The smallest absolute Gasteiger partial charge is 0.414 e. The number of hydrogen-bond donors (Lipinski definition) is 2. The highest BCUT2D eigenvalue weighted by Crippen LogP contribution is 2.23. The molecular formula is C13H18N2O4S. The number of rotatable bonds is 6. The van der Waals surface area contributed by atoms with E-state index in [9.17, 15) is 14.4 Å². The van der Waals surface area contributed by atoms with Gasteiger partial charge in [0.05, 0.1) is 12.2 Å². The Hall–Kier alpha value is -1.89. The van der Waals surface area contributed by atoms with E-state index < -0.39 is 12.0 Å². The summed E-state index contributed by atoms with van der Waals surface area (Å²) in [5.41, 5.74) is 0.257. The normalized spacial score (nSPS) is 9.90. The Kier molecular flexibility index (Phi) is 6.72. The molecule has 0 unspecified atom stereocenters. The van der Waals surface area contributed by atoms with E-state index in [0.29, 0.717) is 11.4 Å². The maximum absolute atomic E-state index is 11.9. The third-order valence-electron chi connectivity index (χ3n) is 2.41. The topological polar surface area (TPSA) is 84.5 Å². The van der Waals surface area contributed by atoms with E-state index in [1.165, 1.54) is 11.3 Å². The van der Waals surface area contributed by atoms with E-state index in [0.717, 1.165) is 12.8 Å². The third-order valence-corrected chi connectivity index (χ3v) is 3.24. The van der Waals surface area contributed by atoms with Gasteiger partial charge in [0, 0.05) is 6.42 Å². The van der Waals surface area contributed by atoms with Crippen molar-refractivity contribution in [1.82, 2.24) is 5.32 Å². The second-order valence-corrected chi connectivity index (χ2v) is 4.91. The van der Waals surface area contributed by atoms with Gasteiger partial charge in [-0.3, -0.25) is 14.9 Å². The van der Waals surface area contributed by atoms with Crippen LogP contribution in [0.1, 0.15) is 43.5 Å². The van der Waals surface area contributed by atoms with Crippen molar-refractivity contribution in [1.29, 1.82) is 0 Å². The van der Waals surface area contributed by atoms with Gasteiger partial charge in [-0.15, -0.1) is 11.3 Å². The van der Waals surface area contributed by atoms with Crippen LogP contribution in [0.2, 0.25) is 0 Å². The van der Waals surface area contributed by atoms with Gasteiger partial charge in [0.2, 0.25) is 5.91 Å². The SMILES string of the molecule is CCCCC(=O)Nc1sccc1C(=O)NC(=O)OCC. The van der Waals surface area contributed by atoms with Crippen molar-refractivity contribution in [2.24, 2.45) is 0 Å². The summed E-state index contributed by atoms with van der Waals surface area (Å²) < 4.78 is 4.63. The molecule has 0 spiro atoms. The minimum absolute atomic E-state index is 0.139. The minimum Gasteiger partial charge on any atom is -0.450 e. The van der Waals surface area contributed by atoms with Crippen LogP contribution in [0.3, 0.4) is 0 Å². The van der Waals surface area contributed by atoms with E-state index in [-0.39, 0.29) is 18.1 Å². The number of nitrogens with one attached hydrogen (secondary N) is 2. The molecule has 1 aromatic rings. The molecule has 0 saturated carbocycles. The van der Waals surface area contributed by atoms with Crippen molar-refractivity contribution in [2.45, 2.75) is 33.1 Å². The first kappa shape index (κ1) is 16.2. The van der Waals surface area contributed by atoms with Gasteiger partial charge < -0.3 is 10.1 Å². The molecule has 0 aliphatic carbocycles. The molecule has 0 radical (unpaired) electrons. The van der Waals surface area contributed by atoms with E-state index in [4.69, 9.17) is 0 Å². The van der Waals surface area contributed by atoms with Crippen molar-refractivity contribution < 1.29 is 19.1 Å². The summed E-state index contributed by atoms with van der Waals surface area (Å²) in [6.07, 6.45) is 1.33. The highest BCUT2D eigenvalue weighted by atomic mass is 32.1. The summed E-state index contributed by atoms with van der Waals surface area (Å²) in [7, 11) is 0. The molecule has 0 aliphatic rings. The van der Waals surface area contributed by atoms with Crippen LogP contribution in [0.15, 0.2) is 11.4 Å². The standard InChI is InChI=1S/C13H18N2O4S/c1-3-5-6-10(16)14-12-9(7-8-20-12)11(17)15-13(18)19-4-2/h7-8H,3-6H2,1-2H3,(H,14,16)(H,15,17,18). The van der Waals surface area contributed by atoms with E-state index in [1.54, 1.807) is 18.4 Å². The fraction of sp³-hybridized carbons (Fsp3) is 0.462. The summed E-state index contributed by atoms with van der Waals surface area (Å²) in [6.45, 7) is 3.83. The molecule has 0 bridgehead atoms. The zero-order valence-electron chi connectivity index (χ0n) is 11.5. The number of anilines is 1. The molecule has 0 fully saturated rings. The van der Waals surface area contributed by atoms with Crippen molar-refractivity contribution in [3.63, 3.8) is 0 Å². The molecule has 3 amide bonds. The lowest BCUT2D eigenvalue weighted by Gasteiger charge is -2.06. The Morgan fingerprint density at radius 1 is 1.30 bits per heavy atom.